The number of benzene rings is 1. The number of aromatic nitrogens is 8. The van der Waals surface area contributed by atoms with Gasteiger partial charge in [0.15, 0.2) is 5.69 Å². The maximum absolute atomic E-state index is 7.07. The van der Waals surface area contributed by atoms with Gasteiger partial charge in [0.2, 0.25) is 5.82 Å². The Morgan fingerprint density at radius 3 is 2.79 bits per heavy atom. The Labute approximate surface area is 286 Å². The molecule has 3 atom stereocenters. The maximum atomic E-state index is 7.07. The van der Waals surface area contributed by atoms with Crippen LogP contribution in [0.1, 0.15) is 73.5 Å². The minimum atomic E-state index is -0.0910. The van der Waals surface area contributed by atoms with Gasteiger partial charge in [-0.05, 0) is 86.0 Å². The van der Waals surface area contributed by atoms with Gasteiger partial charge in [-0.15, -0.1) is 5.10 Å². The van der Waals surface area contributed by atoms with Crippen molar-refractivity contribution in [2.24, 2.45) is 13.0 Å². The molecule has 2 fully saturated rings. The second-order valence-electron chi connectivity index (χ2n) is 14.9. The molecule has 48 heavy (non-hydrogen) atoms. The predicted molar refractivity (Wildman–Crippen MR) is 182 cm³/mol. The highest BCUT2D eigenvalue weighted by molar-refractivity contribution is 6.33. The van der Waals surface area contributed by atoms with Gasteiger partial charge in [-0.25, -0.2) is 4.68 Å². The summed E-state index contributed by atoms with van der Waals surface area (Å²) >= 11 is 7.07. The van der Waals surface area contributed by atoms with Crippen LogP contribution in [0.3, 0.4) is 0 Å². The highest BCUT2D eigenvalue weighted by Crippen LogP contribution is 2.48. The molecule has 9 rings (SSSR count). The predicted octanol–water partition coefficient (Wildman–Crippen LogP) is 4.40. The molecule has 1 aromatic carbocycles. The second kappa shape index (κ2) is 11.5. The Kier molecular flexibility index (Phi) is 7.29. The molecule has 13 heteroatoms. The summed E-state index contributed by atoms with van der Waals surface area (Å²) in [6.07, 6.45) is 8.75. The van der Waals surface area contributed by atoms with Crippen LogP contribution in [-0.4, -0.2) is 88.6 Å². The lowest BCUT2D eigenvalue weighted by molar-refractivity contribution is 0.0714. The van der Waals surface area contributed by atoms with Crippen LogP contribution in [0.25, 0.3) is 11.5 Å². The molecule has 2 saturated heterocycles. The average molecular weight is 670 g/mol. The van der Waals surface area contributed by atoms with Gasteiger partial charge in [0.25, 0.3) is 0 Å². The third-order valence-corrected chi connectivity index (χ3v) is 12.3. The Balaban J connectivity index is 1.11. The van der Waals surface area contributed by atoms with Crippen molar-refractivity contribution < 1.29 is 4.74 Å². The number of halogens is 1. The molecule has 0 unspecified atom stereocenters. The normalized spacial score (nSPS) is 27.1. The molecule has 7 heterocycles. The van der Waals surface area contributed by atoms with E-state index >= 15 is 0 Å². The van der Waals surface area contributed by atoms with Crippen molar-refractivity contribution in [2.75, 3.05) is 38.2 Å². The lowest BCUT2D eigenvalue weighted by Crippen LogP contribution is -2.51. The highest BCUT2D eigenvalue weighted by Gasteiger charge is 2.48. The zero-order valence-electron chi connectivity index (χ0n) is 28.2. The van der Waals surface area contributed by atoms with E-state index in [1.54, 1.807) is 4.68 Å². The first-order valence-electron chi connectivity index (χ1n) is 17.6. The van der Waals surface area contributed by atoms with E-state index in [-0.39, 0.29) is 11.1 Å². The third-order valence-electron chi connectivity index (χ3n) is 11.9. The Morgan fingerprint density at radius 1 is 1.02 bits per heavy atom. The fourth-order valence-corrected chi connectivity index (χ4v) is 9.94. The van der Waals surface area contributed by atoms with Crippen LogP contribution >= 0.6 is 11.6 Å². The van der Waals surface area contributed by atoms with Crippen molar-refractivity contribution in [2.45, 2.75) is 89.0 Å². The van der Waals surface area contributed by atoms with E-state index in [2.05, 4.69) is 68.5 Å². The van der Waals surface area contributed by atoms with Gasteiger partial charge >= 0.3 is 6.01 Å². The van der Waals surface area contributed by atoms with Gasteiger partial charge in [0, 0.05) is 45.2 Å². The molecule has 0 N–H and O–H groups in total. The van der Waals surface area contributed by atoms with E-state index in [1.807, 2.05) is 11.7 Å². The van der Waals surface area contributed by atoms with Crippen LogP contribution in [0, 0.1) is 5.92 Å². The van der Waals surface area contributed by atoms with E-state index in [9.17, 15) is 0 Å². The number of aryl methyl sites for hydroxylation is 3. The first-order valence-corrected chi connectivity index (χ1v) is 18.0. The quantitative estimate of drug-likeness (QED) is 0.304. The fraction of sp³-hybridized carbons (Fsp3) is 0.600. The Morgan fingerprint density at radius 2 is 1.92 bits per heavy atom. The maximum Gasteiger partial charge on any atom is 0.318 e. The summed E-state index contributed by atoms with van der Waals surface area (Å²) in [6, 6.07) is 9.53. The molecule has 4 aliphatic heterocycles. The van der Waals surface area contributed by atoms with Crippen LogP contribution in [-0.2, 0) is 45.1 Å². The summed E-state index contributed by atoms with van der Waals surface area (Å²) in [4.78, 5) is 18.1. The van der Waals surface area contributed by atoms with E-state index in [4.69, 9.17) is 31.4 Å². The van der Waals surface area contributed by atoms with Crippen LogP contribution in [0.4, 0.5) is 5.82 Å². The molecule has 1 spiro atoms. The molecule has 1 aliphatic carbocycles. The number of nitrogens with zero attached hydrogens (tertiary/aromatic N) is 11. The van der Waals surface area contributed by atoms with Crippen LogP contribution in [0.5, 0.6) is 6.01 Å². The largest absolute Gasteiger partial charge is 0.461 e. The lowest BCUT2D eigenvalue weighted by Gasteiger charge is -2.49. The molecular weight excluding hydrogens is 626 g/mol. The number of rotatable bonds is 5. The van der Waals surface area contributed by atoms with E-state index in [1.165, 1.54) is 42.4 Å². The summed E-state index contributed by atoms with van der Waals surface area (Å²) in [7, 11) is 4.09. The minimum absolute atomic E-state index is 0.0910. The summed E-state index contributed by atoms with van der Waals surface area (Å²) < 4.78 is 10.4. The van der Waals surface area contributed by atoms with Crippen LogP contribution in [0.2, 0.25) is 5.02 Å². The van der Waals surface area contributed by atoms with Crippen molar-refractivity contribution in [3.63, 3.8) is 0 Å². The van der Waals surface area contributed by atoms with Crippen LogP contribution in [0.15, 0.2) is 24.3 Å². The Bertz CT molecular complexity index is 1870. The number of ether oxygens (including phenoxy) is 1. The third kappa shape index (κ3) is 4.77. The van der Waals surface area contributed by atoms with Gasteiger partial charge in [-0.2, -0.15) is 15.1 Å². The van der Waals surface area contributed by atoms with E-state index in [0.717, 1.165) is 75.6 Å². The average Bonchev–Trinajstić information content (AvgIpc) is 3.79. The Hall–Kier alpha value is -3.61. The standard InChI is InChI=1S/C35H44ClN11O/c1-23-17-34(12-7-15-46(34)19-23)22-48-33-37-27-18-35(13-6-10-24-9-4-5-11-26(24)35)43(2)20-25(27)31(38-33)45-14-8-16-47-28(21-45)29(36)30(40-47)32-39-41-42-44(32)3/h4-5,9,11,23H,6-8,10,12-22H2,1-3H3/t23-,34+,35+/m1/s1. The topological polar surface area (TPSA) is 106 Å². The summed E-state index contributed by atoms with van der Waals surface area (Å²) in [5, 5.41) is 17.5. The molecule has 0 bridgehead atoms. The van der Waals surface area contributed by atoms with Crippen molar-refractivity contribution in [1.29, 1.82) is 0 Å². The summed E-state index contributed by atoms with van der Waals surface area (Å²) in [5.41, 5.74) is 6.77. The van der Waals surface area contributed by atoms with E-state index < -0.39 is 0 Å². The van der Waals surface area contributed by atoms with Gasteiger partial charge in [-0.1, -0.05) is 42.8 Å². The SMILES string of the molecule is C[C@H]1CN2CCC[C@@]2(COc2nc3c(c(N4CCCn5nc(-c6nnnn6C)c(Cl)c5C4)n2)CN(C)[C@@]2(CCCc4ccccc42)C3)C1. The van der Waals surface area contributed by atoms with E-state index in [0.29, 0.717) is 41.6 Å². The van der Waals surface area contributed by atoms with Crippen molar-refractivity contribution in [1.82, 2.24) is 49.8 Å². The number of fused-ring (bicyclic) bond motifs is 5. The fourth-order valence-electron chi connectivity index (χ4n) is 9.67. The first kappa shape index (κ1) is 30.4. The van der Waals surface area contributed by atoms with Gasteiger partial charge in [-0.3, -0.25) is 14.5 Å². The molecule has 4 aromatic rings. The molecule has 0 radical (unpaired) electrons. The number of hydrogen-bond donors (Lipinski definition) is 0. The van der Waals surface area contributed by atoms with Gasteiger partial charge < -0.3 is 9.64 Å². The second-order valence-corrected chi connectivity index (χ2v) is 15.3. The molecule has 0 saturated carbocycles. The molecular formula is C35H44ClN11O. The number of hydrogen-bond acceptors (Lipinski definition) is 10. The lowest BCUT2D eigenvalue weighted by atomic mass is 9.71. The zero-order chi connectivity index (χ0) is 32.6. The molecule has 12 nitrogen and oxygen atoms in total. The highest BCUT2D eigenvalue weighted by atomic mass is 35.5. The summed E-state index contributed by atoms with van der Waals surface area (Å²) in [5.74, 6) is 2.20. The molecule has 0 amide bonds. The smallest absolute Gasteiger partial charge is 0.318 e. The van der Waals surface area contributed by atoms with Crippen LogP contribution < -0.4 is 9.64 Å². The number of anilines is 1. The summed E-state index contributed by atoms with van der Waals surface area (Å²) in [6.45, 7) is 8.25. The zero-order valence-corrected chi connectivity index (χ0v) is 29.0. The molecule has 3 aromatic heterocycles. The molecule has 5 aliphatic rings. The number of likely N-dealkylation sites (N-methyl/N-ethyl adjacent to an activating group) is 1. The van der Waals surface area contributed by atoms with Crippen molar-refractivity contribution >= 4 is 17.4 Å². The van der Waals surface area contributed by atoms with Gasteiger partial charge in [0.05, 0.1) is 34.0 Å². The van der Waals surface area contributed by atoms with Crippen molar-refractivity contribution in [3.8, 4) is 17.5 Å². The first-order chi connectivity index (χ1) is 23.3. The molecule has 252 valence electrons. The number of tetrazole rings is 1. The van der Waals surface area contributed by atoms with Crippen molar-refractivity contribution in [3.05, 3.63) is 57.4 Å². The minimum Gasteiger partial charge on any atom is -0.461 e. The monoisotopic (exact) mass is 669 g/mol. The van der Waals surface area contributed by atoms with Gasteiger partial charge in [0.1, 0.15) is 12.4 Å².